The number of rotatable bonds is 5. The highest BCUT2D eigenvalue weighted by molar-refractivity contribution is 8.01. The maximum Gasteiger partial charge on any atom is 0.232 e. The van der Waals surface area contributed by atoms with Crippen LogP contribution in [0.25, 0.3) is 0 Å². The third-order valence-corrected chi connectivity index (χ3v) is 5.19. The van der Waals surface area contributed by atoms with Gasteiger partial charge in [0.15, 0.2) is 0 Å². The van der Waals surface area contributed by atoms with Crippen molar-refractivity contribution in [3.63, 3.8) is 0 Å². The van der Waals surface area contributed by atoms with Gasteiger partial charge < -0.3 is 5.32 Å². The van der Waals surface area contributed by atoms with E-state index in [9.17, 15) is 4.79 Å². The van der Waals surface area contributed by atoms with Gasteiger partial charge in [0.25, 0.3) is 0 Å². The van der Waals surface area contributed by atoms with E-state index in [0.29, 0.717) is 17.6 Å². The zero-order valence-corrected chi connectivity index (χ0v) is 12.6. The van der Waals surface area contributed by atoms with Crippen LogP contribution in [0, 0.1) is 5.92 Å². The fraction of sp³-hybridized carbons (Fsp3) is 0.533. The molecule has 2 rings (SSSR count). The van der Waals surface area contributed by atoms with Crippen LogP contribution in [0.5, 0.6) is 0 Å². The standard InChI is InChI=1S/C15H22N2OS/c1-11(2)15(17-14(18)10-19-15)16-9-12(3)13-7-5-4-6-8-13/h4-8,11-12,16H,9-10H2,1-3H3,(H,17,18)/t12-,15?/m0/s1. The molecule has 2 atom stereocenters. The van der Waals surface area contributed by atoms with Crippen LogP contribution in [-0.2, 0) is 4.79 Å². The quantitative estimate of drug-likeness (QED) is 0.869. The molecule has 1 aromatic carbocycles. The van der Waals surface area contributed by atoms with Crippen LogP contribution in [0.4, 0.5) is 0 Å². The van der Waals surface area contributed by atoms with Gasteiger partial charge in [0, 0.05) is 6.54 Å². The number of nitrogens with one attached hydrogen (secondary N) is 2. The van der Waals surface area contributed by atoms with Crippen LogP contribution < -0.4 is 10.6 Å². The fourth-order valence-electron chi connectivity index (χ4n) is 2.27. The molecule has 19 heavy (non-hydrogen) atoms. The zero-order chi connectivity index (χ0) is 13.9. The third kappa shape index (κ3) is 3.31. The Bertz CT molecular complexity index is 435. The highest BCUT2D eigenvalue weighted by Crippen LogP contribution is 2.32. The molecule has 0 aromatic heterocycles. The molecule has 4 heteroatoms. The second-order valence-corrected chi connectivity index (χ2v) is 6.64. The maximum atomic E-state index is 11.5. The topological polar surface area (TPSA) is 41.1 Å². The number of thioether (sulfide) groups is 1. The molecule has 1 aliphatic rings. The Morgan fingerprint density at radius 3 is 2.53 bits per heavy atom. The van der Waals surface area contributed by atoms with E-state index in [4.69, 9.17) is 0 Å². The van der Waals surface area contributed by atoms with Gasteiger partial charge in [-0.3, -0.25) is 10.1 Å². The Balaban J connectivity index is 1.98. The van der Waals surface area contributed by atoms with Gasteiger partial charge in [-0.05, 0) is 17.4 Å². The first kappa shape index (κ1) is 14.4. The van der Waals surface area contributed by atoms with Gasteiger partial charge in [-0.2, -0.15) is 0 Å². The average molecular weight is 278 g/mol. The lowest BCUT2D eigenvalue weighted by Crippen LogP contribution is -2.56. The van der Waals surface area contributed by atoms with E-state index in [-0.39, 0.29) is 10.9 Å². The van der Waals surface area contributed by atoms with E-state index in [1.54, 1.807) is 11.8 Å². The highest BCUT2D eigenvalue weighted by Gasteiger charge is 2.41. The molecule has 2 N–H and O–H groups in total. The third-order valence-electron chi connectivity index (χ3n) is 3.61. The highest BCUT2D eigenvalue weighted by atomic mass is 32.2. The smallest absolute Gasteiger partial charge is 0.232 e. The van der Waals surface area contributed by atoms with E-state index < -0.39 is 0 Å². The molecule has 0 saturated carbocycles. The number of carbonyl (C=O) groups excluding carboxylic acids is 1. The van der Waals surface area contributed by atoms with Gasteiger partial charge in [-0.25, -0.2) is 0 Å². The molecule has 0 radical (unpaired) electrons. The van der Waals surface area contributed by atoms with Gasteiger partial charge in [0.1, 0.15) is 4.99 Å². The summed E-state index contributed by atoms with van der Waals surface area (Å²) >= 11 is 1.67. The van der Waals surface area contributed by atoms with E-state index in [0.717, 1.165) is 6.54 Å². The van der Waals surface area contributed by atoms with Crippen molar-refractivity contribution < 1.29 is 4.79 Å². The van der Waals surface area contributed by atoms with Crippen molar-refractivity contribution in [1.29, 1.82) is 0 Å². The van der Waals surface area contributed by atoms with Crippen LogP contribution in [0.3, 0.4) is 0 Å². The van der Waals surface area contributed by atoms with Crippen molar-refractivity contribution in [3.05, 3.63) is 35.9 Å². The summed E-state index contributed by atoms with van der Waals surface area (Å²) in [7, 11) is 0. The molecule has 1 fully saturated rings. The Kier molecular flexibility index (Phi) is 4.53. The number of amides is 1. The predicted octanol–water partition coefficient (Wildman–Crippen LogP) is 2.55. The van der Waals surface area contributed by atoms with Crippen LogP contribution in [0.1, 0.15) is 32.3 Å². The molecule has 0 bridgehead atoms. The SMILES string of the molecule is CC(C)C1(NC[C@H](C)c2ccccc2)NC(=O)CS1. The van der Waals surface area contributed by atoms with E-state index in [1.807, 2.05) is 6.07 Å². The maximum absolute atomic E-state index is 11.5. The second-order valence-electron chi connectivity index (χ2n) is 5.42. The molecule has 1 saturated heterocycles. The summed E-state index contributed by atoms with van der Waals surface area (Å²) in [5, 5.41) is 6.64. The second kappa shape index (κ2) is 5.97. The monoisotopic (exact) mass is 278 g/mol. The van der Waals surface area contributed by atoms with Crippen molar-refractivity contribution in [3.8, 4) is 0 Å². The first-order valence-corrected chi connectivity index (χ1v) is 7.77. The van der Waals surface area contributed by atoms with Gasteiger partial charge in [0.2, 0.25) is 5.91 Å². The summed E-state index contributed by atoms with van der Waals surface area (Å²) in [4.78, 5) is 11.2. The predicted molar refractivity (Wildman–Crippen MR) is 81.0 cm³/mol. The molecule has 0 aliphatic carbocycles. The largest absolute Gasteiger partial charge is 0.328 e. The molecular weight excluding hydrogens is 256 g/mol. The first-order chi connectivity index (χ1) is 9.03. The summed E-state index contributed by atoms with van der Waals surface area (Å²) < 4.78 is 0. The Morgan fingerprint density at radius 1 is 1.32 bits per heavy atom. The minimum Gasteiger partial charge on any atom is -0.328 e. The molecule has 1 amide bonds. The minimum absolute atomic E-state index is 0.124. The minimum atomic E-state index is -0.305. The fourth-order valence-corrected chi connectivity index (χ4v) is 3.41. The number of benzene rings is 1. The van der Waals surface area contributed by atoms with Crippen LogP contribution in [0.2, 0.25) is 0 Å². The van der Waals surface area contributed by atoms with Gasteiger partial charge in [0.05, 0.1) is 5.75 Å². The van der Waals surface area contributed by atoms with E-state index in [1.165, 1.54) is 5.56 Å². The Labute approximate surface area is 119 Å². The molecular formula is C15H22N2OS. The van der Waals surface area contributed by atoms with Crippen LogP contribution >= 0.6 is 11.8 Å². The first-order valence-electron chi connectivity index (χ1n) is 6.78. The van der Waals surface area contributed by atoms with Crippen molar-refractivity contribution in [2.45, 2.75) is 31.7 Å². The van der Waals surface area contributed by atoms with Gasteiger partial charge in [-0.1, -0.05) is 51.1 Å². The normalized spacial score (nSPS) is 24.5. The number of carbonyl (C=O) groups is 1. The Hall–Kier alpha value is -1.000. The summed E-state index contributed by atoms with van der Waals surface area (Å²) in [6.45, 7) is 7.34. The molecule has 1 aromatic rings. The van der Waals surface area contributed by atoms with Crippen molar-refractivity contribution in [1.82, 2.24) is 10.6 Å². The van der Waals surface area contributed by atoms with E-state index in [2.05, 4.69) is 55.7 Å². The zero-order valence-electron chi connectivity index (χ0n) is 11.8. The van der Waals surface area contributed by atoms with Gasteiger partial charge >= 0.3 is 0 Å². The lowest BCUT2D eigenvalue weighted by atomic mass is 10.0. The average Bonchev–Trinajstić information content (AvgIpc) is 2.80. The molecule has 0 spiro atoms. The number of hydrogen-bond donors (Lipinski definition) is 2. The van der Waals surface area contributed by atoms with Crippen LogP contribution in [0.15, 0.2) is 30.3 Å². The molecule has 104 valence electrons. The number of hydrogen-bond acceptors (Lipinski definition) is 3. The summed E-state index contributed by atoms with van der Waals surface area (Å²) in [5.41, 5.74) is 1.32. The summed E-state index contributed by atoms with van der Waals surface area (Å²) in [6, 6.07) is 10.5. The van der Waals surface area contributed by atoms with Gasteiger partial charge in [-0.15, -0.1) is 11.8 Å². The van der Waals surface area contributed by atoms with E-state index >= 15 is 0 Å². The molecule has 1 unspecified atom stereocenters. The lowest BCUT2D eigenvalue weighted by Gasteiger charge is -2.34. The summed E-state index contributed by atoms with van der Waals surface area (Å²) in [5.74, 6) is 1.45. The molecule has 3 nitrogen and oxygen atoms in total. The van der Waals surface area contributed by atoms with Crippen molar-refractivity contribution >= 4 is 17.7 Å². The van der Waals surface area contributed by atoms with Crippen molar-refractivity contribution in [2.24, 2.45) is 5.92 Å². The van der Waals surface area contributed by atoms with Crippen molar-refractivity contribution in [2.75, 3.05) is 12.3 Å². The van der Waals surface area contributed by atoms with Crippen LogP contribution in [-0.4, -0.2) is 23.2 Å². The molecule has 1 heterocycles. The lowest BCUT2D eigenvalue weighted by molar-refractivity contribution is -0.119. The summed E-state index contributed by atoms with van der Waals surface area (Å²) in [6.07, 6.45) is 0. The Morgan fingerprint density at radius 2 is 2.00 bits per heavy atom. The molecule has 1 aliphatic heterocycles.